The summed E-state index contributed by atoms with van der Waals surface area (Å²) in [5, 5.41) is 0.535. The third-order valence-electron chi connectivity index (χ3n) is 4.06. The summed E-state index contributed by atoms with van der Waals surface area (Å²) in [4.78, 5) is 26.6. The second-order valence-electron chi connectivity index (χ2n) is 6.01. The molecule has 2 aromatic rings. The van der Waals surface area contributed by atoms with Gasteiger partial charge in [0.25, 0.3) is 11.1 Å². The molecule has 29 heavy (non-hydrogen) atoms. The third-order valence-corrected chi connectivity index (χ3v) is 5.55. The Bertz CT molecular complexity index is 1010. The number of thioether (sulfide) groups is 1. The fraction of sp³-hybridized carbons (Fsp3) is 0.143. The number of methoxy groups -OCH3 is 1. The highest BCUT2D eigenvalue weighted by molar-refractivity contribution is 8.18. The molecule has 8 heteroatoms. The fourth-order valence-electron chi connectivity index (χ4n) is 2.65. The molecule has 0 spiro atoms. The molecule has 0 saturated carbocycles. The average Bonchev–Trinajstić information content (AvgIpc) is 2.96. The number of imide groups is 1. The molecule has 2 aromatic carbocycles. The summed E-state index contributed by atoms with van der Waals surface area (Å²) in [6.07, 6.45) is 3.28. The van der Waals surface area contributed by atoms with Crippen molar-refractivity contribution in [2.45, 2.75) is 6.54 Å². The lowest BCUT2D eigenvalue weighted by Gasteiger charge is -2.13. The molecule has 0 unspecified atom stereocenters. The standard InChI is InChI=1S/C21H17Cl2NO4S/c1-3-8-28-17-7-4-13(9-18(17)27-2)10-19-20(25)24(21(26)29-19)12-14-5-6-15(22)11-16(14)23/h3-7,9-11H,1,8,12H2,2H3/b19-10+. The largest absolute Gasteiger partial charge is 0.493 e. The van der Waals surface area contributed by atoms with Crippen molar-refractivity contribution in [2.75, 3.05) is 13.7 Å². The molecule has 1 saturated heterocycles. The second kappa shape index (κ2) is 9.39. The summed E-state index contributed by atoms with van der Waals surface area (Å²) < 4.78 is 10.9. The van der Waals surface area contributed by atoms with E-state index in [2.05, 4.69) is 6.58 Å². The lowest BCUT2D eigenvalue weighted by Crippen LogP contribution is -2.27. The Morgan fingerprint density at radius 2 is 1.93 bits per heavy atom. The highest BCUT2D eigenvalue weighted by atomic mass is 35.5. The maximum atomic E-state index is 12.7. The number of nitrogens with zero attached hydrogens (tertiary/aromatic N) is 1. The molecule has 0 bridgehead atoms. The first-order valence-corrected chi connectivity index (χ1v) is 10.1. The van der Waals surface area contributed by atoms with Gasteiger partial charge in [0.2, 0.25) is 0 Å². The van der Waals surface area contributed by atoms with Crippen LogP contribution in [0.5, 0.6) is 11.5 Å². The van der Waals surface area contributed by atoms with Gasteiger partial charge in [-0.1, -0.05) is 48.0 Å². The minimum atomic E-state index is -0.378. The third kappa shape index (κ3) is 4.96. The molecular formula is C21H17Cl2NO4S. The lowest BCUT2D eigenvalue weighted by atomic mass is 10.1. The topological polar surface area (TPSA) is 55.8 Å². The van der Waals surface area contributed by atoms with E-state index in [0.29, 0.717) is 44.2 Å². The zero-order valence-electron chi connectivity index (χ0n) is 15.5. The first-order chi connectivity index (χ1) is 13.9. The number of carbonyl (C=O) groups excluding carboxylic acids is 2. The van der Waals surface area contributed by atoms with Crippen LogP contribution in [-0.2, 0) is 11.3 Å². The number of ether oxygens (including phenoxy) is 2. The number of carbonyl (C=O) groups is 2. The Hall–Kier alpha value is -2.41. The molecule has 0 atom stereocenters. The van der Waals surface area contributed by atoms with E-state index < -0.39 is 0 Å². The molecule has 2 amide bonds. The van der Waals surface area contributed by atoms with E-state index >= 15 is 0 Å². The Balaban J connectivity index is 1.81. The van der Waals surface area contributed by atoms with E-state index in [1.807, 2.05) is 0 Å². The van der Waals surface area contributed by atoms with Gasteiger partial charge in [-0.25, -0.2) is 0 Å². The van der Waals surface area contributed by atoms with E-state index in [1.165, 1.54) is 7.11 Å². The molecule has 3 rings (SSSR count). The number of amides is 2. The molecule has 5 nitrogen and oxygen atoms in total. The highest BCUT2D eigenvalue weighted by Crippen LogP contribution is 2.36. The van der Waals surface area contributed by atoms with Crippen LogP contribution in [0.4, 0.5) is 4.79 Å². The molecule has 0 N–H and O–H groups in total. The van der Waals surface area contributed by atoms with Crippen molar-refractivity contribution in [3.8, 4) is 11.5 Å². The van der Waals surface area contributed by atoms with Crippen LogP contribution in [0.3, 0.4) is 0 Å². The van der Waals surface area contributed by atoms with Crippen LogP contribution in [-0.4, -0.2) is 29.8 Å². The number of rotatable bonds is 7. The molecule has 1 aliphatic rings. The van der Waals surface area contributed by atoms with Crippen LogP contribution in [0.1, 0.15) is 11.1 Å². The van der Waals surface area contributed by atoms with Crippen molar-refractivity contribution in [2.24, 2.45) is 0 Å². The van der Waals surface area contributed by atoms with Crippen molar-refractivity contribution < 1.29 is 19.1 Å². The first-order valence-electron chi connectivity index (χ1n) is 8.54. The van der Waals surface area contributed by atoms with Gasteiger partial charge in [0.05, 0.1) is 18.6 Å². The minimum Gasteiger partial charge on any atom is -0.493 e. The highest BCUT2D eigenvalue weighted by Gasteiger charge is 2.35. The summed E-state index contributed by atoms with van der Waals surface area (Å²) >= 11 is 12.9. The van der Waals surface area contributed by atoms with Gasteiger partial charge in [0.15, 0.2) is 11.5 Å². The van der Waals surface area contributed by atoms with Gasteiger partial charge in [-0.05, 0) is 53.2 Å². The molecule has 1 fully saturated rings. The molecule has 0 aromatic heterocycles. The molecule has 0 radical (unpaired) electrons. The minimum absolute atomic E-state index is 0.0790. The van der Waals surface area contributed by atoms with Crippen LogP contribution in [0.25, 0.3) is 6.08 Å². The summed E-state index contributed by atoms with van der Waals surface area (Å²) in [5.74, 6) is 0.708. The van der Waals surface area contributed by atoms with E-state index in [-0.39, 0.29) is 17.7 Å². The van der Waals surface area contributed by atoms with Crippen LogP contribution < -0.4 is 9.47 Å². The number of hydrogen-bond donors (Lipinski definition) is 0. The summed E-state index contributed by atoms with van der Waals surface area (Å²) in [5.41, 5.74) is 1.35. The maximum Gasteiger partial charge on any atom is 0.293 e. The number of benzene rings is 2. The van der Waals surface area contributed by atoms with Crippen LogP contribution in [0, 0.1) is 0 Å². The SMILES string of the molecule is C=CCOc1ccc(/C=C2/SC(=O)N(Cc3ccc(Cl)cc3Cl)C2=O)cc1OC. The van der Waals surface area contributed by atoms with Crippen LogP contribution >= 0.6 is 35.0 Å². The van der Waals surface area contributed by atoms with Crippen molar-refractivity contribution >= 4 is 52.2 Å². The number of halogens is 2. The monoisotopic (exact) mass is 449 g/mol. The van der Waals surface area contributed by atoms with E-state index in [9.17, 15) is 9.59 Å². The van der Waals surface area contributed by atoms with Crippen molar-refractivity contribution in [1.29, 1.82) is 0 Å². The van der Waals surface area contributed by atoms with Gasteiger partial charge in [0, 0.05) is 10.0 Å². The average molecular weight is 450 g/mol. The smallest absolute Gasteiger partial charge is 0.293 e. The Kier molecular flexibility index (Phi) is 6.90. The van der Waals surface area contributed by atoms with Crippen molar-refractivity contribution in [1.82, 2.24) is 4.90 Å². The van der Waals surface area contributed by atoms with E-state index in [4.69, 9.17) is 32.7 Å². The van der Waals surface area contributed by atoms with Gasteiger partial charge in [-0.2, -0.15) is 0 Å². The van der Waals surface area contributed by atoms with Gasteiger partial charge in [-0.15, -0.1) is 0 Å². The molecule has 1 heterocycles. The zero-order valence-corrected chi connectivity index (χ0v) is 17.8. The second-order valence-corrected chi connectivity index (χ2v) is 7.85. The summed E-state index contributed by atoms with van der Waals surface area (Å²) in [6, 6.07) is 10.2. The van der Waals surface area contributed by atoms with E-state index in [0.717, 1.165) is 16.7 Å². The van der Waals surface area contributed by atoms with Crippen LogP contribution in [0.15, 0.2) is 54.0 Å². The fourth-order valence-corrected chi connectivity index (χ4v) is 3.96. The van der Waals surface area contributed by atoms with Crippen molar-refractivity contribution in [3.63, 3.8) is 0 Å². The summed E-state index contributed by atoms with van der Waals surface area (Å²) in [7, 11) is 1.53. The Morgan fingerprint density at radius 1 is 1.14 bits per heavy atom. The predicted molar refractivity (Wildman–Crippen MR) is 117 cm³/mol. The van der Waals surface area contributed by atoms with Gasteiger partial charge in [0.1, 0.15) is 6.61 Å². The summed E-state index contributed by atoms with van der Waals surface area (Å²) in [6.45, 7) is 4.04. The van der Waals surface area contributed by atoms with Crippen LogP contribution in [0.2, 0.25) is 10.0 Å². The van der Waals surface area contributed by atoms with E-state index in [1.54, 1.807) is 48.6 Å². The van der Waals surface area contributed by atoms with Gasteiger partial charge >= 0.3 is 0 Å². The number of hydrogen-bond acceptors (Lipinski definition) is 5. The molecule has 150 valence electrons. The Labute approximate surface area is 182 Å². The maximum absolute atomic E-state index is 12.7. The molecular weight excluding hydrogens is 433 g/mol. The van der Waals surface area contributed by atoms with Gasteiger partial charge < -0.3 is 9.47 Å². The normalized spacial score (nSPS) is 15.1. The van der Waals surface area contributed by atoms with Gasteiger partial charge in [-0.3, -0.25) is 14.5 Å². The molecule has 0 aliphatic carbocycles. The quantitative estimate of drug-likeness (QED) is 0.394. The molecule has 1 aliphatic heterocycles. The predicted octanol–water partition coefficient (Wildman–Crippen LogP) is 5.80. The first kappa shape index (κ1) is 21.3. The zero-order chi connectivity index (χ0) is 21.0. The Morgan fingerprint density at radius 3 is 2.62 bits per heavy atom. The lowest BCUT2D eigenvalue weighted by molar-refractivity contribution is -0.123. The van der Waals surface area contributed by atoms with Crippen molar-refractivity contribution in [3.05, 3.63) is 75.1 Å².